The Morgan fingerprint density at radius 3 is 2.42 bits per heavy atom. The SMILES string of the molecule is O=C([O-])[C@H]1O[C@@H](Oc2ccc(CCO)cc2O)[C@H](O)[C@@H](O)[C@@H]1O.[Na+]. The first-order chi connectivity index (χ1) is 10.8. The molecule has 1 aromatic carbocycles. The van der Waals surface area contributed by atoms with E-state index in [0.717, 1.165) is 0 Å². The average Bonchev–Trinajstić information content (AvgIpc) is 2.50. The van der Waals surface area contributed by atoms with Crippen LogP contribution in [0.1, 0.15) is 5.56 Å². The quantitative estimate of drug-likeness (QED) is 0.325. The van der Waals surface area contributed by atoms with Crippen molar-refractivity contribution in [2.24, 2.45) is 0 Å². The minimum atomic E-state index is -1.89. The van der Waals surface area contributed by atoms with E-state index in [1.54, 1.807) is 6.07 Å². The van der Waals surface area contributed by atoms with E-state index in [-0.39, 0.29) is 47.7 Å². The van der Waals surface area contributed by atoms with Crippen molar-refractivity contribution >= 4 is 5.97 Å². The maximum absolute atomic E-state index is 10.9. The Balaban J connectivity index is 0.00000288. The van der Waals surface area contributed by atoms with E-state index in [1.165, 1.54) is 12.1 Å². The predicted molar refractivity (Wildman–Crippen MR) is 71.2 cm³/mol. The standard InChI is InChI=1S/C14H18O9.Na/c15-4-3-6-1-2-8(7(16)5-6)22-14-11(19)9(17)10(18)12(23-14)13(20)21;/h1-2,5,9-12,14-19H,3-4H2,(H,20,21);/q;+1/p-1/t9-,10-,11+,12-,14+;/m0./s1. The molecule has 1 aliphatic rings. The summed E-state index contributed by atoms with van der Waals surface area (Å²) in [5, 5.41) is 58.6. The summed E-state index contributed by atoms with van der Waals surface area (Å²) in [5.41, 5.74) is 0.630. The molecule has 1 saturated heterocycles. The van der Waals surface area contributed by atoms with Crippen LogP contribution in [0.2, 0.25) is 0 Å². The number of phenols is 1. The number of rotatable bonds is 5. The second kappa shape index (κ2) is 8.97. The molecule has 2 rings (SSSR count). The van der Waals surface area contributed by atoms with Crippen LogP contribution in [0.4, 0.5) is 0 Å². The Kier molecular flexibility index (Phi) is 7.90. The van der Waals surface area contributed by atoms with Crippen molar-refractivity contribution in [3.63, 3.8) is 0 Å². The fourth-order valence-electron chi connectivity index (χ4n) is 2.21. The van der Waals surface area contributed by atoms with E-state index in [9.17, 15) is 30.3 Å². The van der Waals surface area contributed by atoms with Crippen molar-refractivity contribution in [1.29, 1.82) is 0 Å². The third-order valence-electron chi connectivity index (χ3n) is 3.47. The number of aliphatic hydroxyl groups is 4. The molecular weight excluding hydrogens is 335 g/mol. The molecule has 0 aromatic heterocycles. The second-order valence-electron chi connectivity index (χ2n) is 5.11. The van der Waals surface area contributed by atoms with E-state index in [2.05, 4.69) is 0 Å². The van der Waals surface area contributed by atoms with Crippen LogP contribution in [0.3, 0.4) is 0 Å². The summed E-state index contributed by atoms with van der Waals surface area (Å²) in [5.74, 6) is -2.23. The van der Waals surface area contributed by atoms with Crippen LogP contribution in [0.25, 0.3) is 0 Å². The molecule has 0 unspecified atom stereocenters. The number of benzene rings is 1. The summed E-state index contributed by atoms with van der Waals surface area (Å²) >= 11 is 0. The van der Waals surface area contributed by atoms with Crippen LogP contribution in [0.15, 0.2) is 18.2 Å². The van der Waals surface area contributed by atoms with Gasteiger partial charge in [-0.2, -0.15) is 0 Å². The number of hydrogen-bond donors (Lipinski definition) is 5. The molecule has 24 heavy (non-hydrogen) atoms. The summed E-state index contributed by atoms with van der Waals surface area (Å²) in [6.45, 7) is -0.110. The van der Waals surface area contributed by atoms with Crippen LogP contribution >= 0.6 is 0 Å². The van der Waals surface area contributed by atoms with E-state index in [0.29, 0.717) is 12.0 Å². The van der Waals surface area contributed by atoms with Crippen LogP contribution in [0, 0.1) is 0 Å². The molecule has 5 atom stereocenters. The van der Waals surface area contributed by atoms with E-state index < -0.39 is 36.7 Å². The maximum atomic E-state index is 10.9. The molecule has 10 heteroatoms. The number of phenolic OH excluding ortho intramolecular Hbond substituents is 1. The molecular formula is C14H17NaO9. The number of carbonyl (C=O) groups excluding carboxylic acids is 1. The second-order valence-corrected chi connectivity index (χ2v) is 5.11. The maximum Gasteiger partial charge on any atom is 1.00 e. The first-order valence-corrected chi connectivity index (χ1v) is 6.85. The Bertz CT molecular complexity index is 567. The molecule has 1 fully saturated rings. The Morgan fingerprint density at radius 2 is 1.88 bits per heavy atom. The topological polar surface area (TPSA) is 160 Å². The summed E-state index contributed by atoms with van der Waals surface area (Å²) in [7, 11) is 0. The number of ether oxygens (including phenoxy) is 2. The summed E-state index contributed by atoms with van der Waals surface area (Å²) in [6, 6.07) is 4.20. The van der Waals surface area contributed by atoms with Gasteiger partial charge >= 0.3 is 29.6 Å². The minimum Gasteiger partial charge on any atom is -0.547 e. The zero-order valence-corrected chi connectivity index (χ0v) is 14.9. The van der Waals surface area contributed by atoms with Gasteiger partial charge in [0.25, 0.3) is 0 Å². The fraction of sp³-hybridized carbons (Fsp3) is 0.500. The van der Waals surface area contributed by atoms with Gasteiger partial charge in [0, 0.05) is 6.61 Å². The molecule has 0 spiro atoms. The molecule has 1 aliphatic heterocycles. The fourth-order valence-corrected chi connectivity index (χ4v) is 2.21. The van der Waals surface area contributed by atoms with Crippen LogP contribution in [-0.4, -0.2) is 68.8 Å². The molecule has 128 valence electrons. The van der Waals surface area contributed by atoms with E-state index in [1.807, 2.05) is 0 Å². The third-order valence-corrected chi connectivity index (χ3v) is 3.47. The van der Waals surface area contributed by atoms with Crippen molar-refractivity contribution in [2.75, 3.05) is 6.61 Å². The van der Waals surface area contributed by atoms with Crippen molar-refractivity contribution < 1.29 is 74.5 Å². The predicted octanol–water partition coefficient (Wildman–Crippen LogP) is -6.13. The normalized spacial score (nSPS) is 29.6. The monoisotopic (exact) mass is 352 g/mol. The van der Waals surface area contributed by atoms with Crippen LogP contribution < -0.4 is 39.4 Å². The van der Waals surface area contributed by atoms with Gasteiger partial charge in [-0.1, -0.05) is 6.07 Å². The molecule has 1 heterocycles. The molecule has 0 aliphatic carbocycles. The van der Waals surface area contributed by atoms with Gasteiger partial charge < -0.3 is 44.9 Å². The number of hydrogen-bond acceptors (Lipinski definition) is 9. The summed E-state index contributed by atoms with van der Waals surface area (Å²) < 4.78 is 10.1. The molecule has 0 saturated carbocycles. The Morgan fingerprint density at radius 1 is 1.21 bits per heavy atom. The Labute approximate surface area is 159 Å². The van der Waals surface area contributed by atoms with E-state index >= 15 is 0 Å². The first kappa shape index (κ1) is 21.1. The third kappa shape index (κ3) is 4.58. The smallest absolute Gasteiger partial charge is 0.547 e. The van der Waals surface area contributed by atoms with Gasteiger partial charge in [-0.15, -0.1) is 0 Å². The van der Waals surface area contributed by atoms with Gasteiger partial charge in [0.2, 0.25) is 6.29 Å². The number of aliphatic carboxylic acids is 1. The van der Waals surface area contributed by atoms with Crippen LogP contribution in [-0.2, 0) is 16.0 Å². The van der Waals surface area contributed by atoms with Crippen molar-refractivity contribution in [1.82, 2.24) is 0 Å². The first-order valence-electron chi connectivity index (χ1n) is 6.85. The largest absolute Gasteiger partial charge is 1.00 e. The van der Waals surface area contributed by atoms with Crippen LogP contribution in [0.5, 0.6) is 11.5 Å². The average molecular weight is 352 g/mol. The van der Waals surface area contributed by atoms with Gasteiger partial charge in [-0.25, -0.2) is 0 Å². The van der Waals surface area contributed by atoms with Gasteiger partial charge in [0.1, 0.15) is 24.4 Å². The van der Waals surface area contributed by atoms with E-state index in [4.69, 9.17) is 14.6 Å². The van der Waals surface area contributed by atoms with Crippen molar-refractivity contribution in [3.8, 4) is 11.5 Å². The summed E-state index contributed by atoms with van der Waals surface area (Å²) in [4.78, 5) is 10.9. The number of aliphatic hydroxyl groups excluding tert-OH is 4. The minimum absolute atomic E-state index is 0. The van der Waals surface area contributed by atoms with Gasteiger partial charge in [0.05, 0.1) is 5.97 Å². The molecule has 1 aromatic rings. The summed E-state index contributed by atoms with van der Waals surface area (Å²) in [6.07, 6.45) is -8.66. The molecule has 5 N–H and O–H groups in total. The molecule has 0 amide bonds. The molecule has 9 nitrogen and oxygen atoms in total. The molecule has 0 bridgehead atoms. The van der Waals surface area contributed by atoms with Gasteiger partial charge in [-0.3, -0.25) is 0 Å². The number of aromatic hydroxyl groups is 1. The van der Waals surface area contributed by atoms with Crippen molar-refractivity contribution in [3.05, 3.63) is 23.8 Å². The Hall–Kier alpha value is -0.910. The zero-order chi connectivity index (χ0) is 17.1. The molecule has 0 radical (unpaired) electrons. The van der Waals surface area contributed by atoms with Crippen molar-refractivity contribution in [2.45, 2.75) is 37.1 Å². The number of carbonyl (C=O) groups is 1. The van der Waals surface area contributed by atoms with Gasteiger partial charge in [-0.05, 0) is 24.1 Å². The number of carboxylic acid groups (broad SMARTS) is 1. The zero-order valence-electron chi connectivity index (χ0n) is 12.9. The van der Waals surface area contributed by atoms with Gasteiger partial charge in [0.15, 0.2) is 11.5 Å². The number of carboxylic acids is 1.